The van der Waals surface area contributed by atoms with Crippen molar-refractivity contribution >= 4 is 11.6 Å². The molecule has 94 valence electrons. The molecule has 1 aliphatic rings. The molecule has 1 aromatic rings. The van der Waals surface area contributed by atoms with Crippen LogP contribution in [0.1, 0.15) is 19.4 Å². The third kappa shape index (κ3) is 3.36. The van der Waals surface area contributed by atoms with Crippen molar-refractivity contribution in [3.63, 3.8) is 0 Å². The Morgan fingerprint density at radius 3 is 2.88 bits per heavy atom. The molecule has 3 heteroatoms. The van der Waals surface area contributed by atoms with Crippen molar-refractivity contribution in [1.82, 2.24) is 5.32 Å². The molecule has 0 aliphatic carbocycles. The average molecular weight is 254 g/mol. The minimum atomic E-state index is 0.146. The highest BCUT2D eigenvalue weighted by molar-refractivity contribution is 6.18. The maximum absolute atomic E-state index is 5.89. The van der Waals surface area contributed by atoms with Crippen LogP contribution in [-0.2, 0) is 6.42 Å². The Labute approximate surface area is 108 Å². The van der Waals surface area contributed by atoms with Gasteiger partial charge in [0, 0.05) is 25.4 Å². The first-order chi connectivity index (χ1) is 8.11. The number of hydrogen-bond acceptors (Lipinski definition) is 2. The molecule has 0 amide bonds. The zero-order valence-electron chi connectivity index (χ0n) is 10.5. The van der Waals surface area contributed by atoms with E-state index in [9.17, 15) is 0 Å². The highest BCUT2D eigenvalue weighted by atomic mass is 35.5. The van der Waals surface area contributed by atoms with Crippen molar-refractivity contribution in [2.75, 3.05) is 19.0 Å². The number of nitrogens with one attached hydrogen (secondary N) is 1. The van der Waals surface area contributed by atoms with E-state index in [1.807, 2.05) is 12.1 Å². The second-order valence-corrected chi connectivity index (χ2v) is 5.75. The van der Waals surface area contributed by atoms with Crippen LogP contribution in [0, 0.1) is 5.41 Å². The fourth-order valence-corrected chi connectivity index (χ4v) is 2.08. The lowest BCUT2D eigenvalue weighted by Gasteiger charge is -2.22. The molecule has 1 atom stereocenters. The molecule has 0 radical (unpaired) electrons. The van der Waals surface area contributed by atoms with Crippen LogP contribution in [0.2, 0.25) is 0 Å². The lowest BCUT2D eigenvalue weighted by Crippen LogP contribution is -2.37. The van der Waals surface area contributed by atoms with Gasteiger partial charge in [0.2, 0.25) is 0 Å². The Morgan fingerprint density at radius 2 is 2.18 bits per heavy atom. The Kier molecular flexibility index (Phi) is 3.95. The molecule has 1 unspecified atom stereocenters. The summed E-state index contributed by atoms with van der Waals surface area (Å²) in [7, 11) is 0. The molecule has 1 heterocycles. The largest absolute Gasteiger partial charge is 0.488 e. The van der Waals surface area contributed by atoms with Gasteiger partial charge in [0.15, 0.2) is 0 Å². The Bertz CT molecular complexity index is 353. The monoisotopic (exact) mass is 253 g/mol. The van der Waals surface area contributed by atoms with Gasteiger partial charge in [0.05, 0.1) is 0 Å². The number of hydrogen-bond donors (Lipinski definition) is 1. The van der Waals surface area contributed by atoms with Gasteiger partial charge in [-0.2, -0.15) is 0 Å². The molecule has 0 aromatic heterocycles. The van der Waals surface area contributed by atoms with E-state index < -0.39 is 0 Å². The van der Waals surface area contributed by atoms with E-state index in [1.165, 1.54) is 5.56 Å². The zero-order valence-corrected chi connectivity index (χ0v) is 11.3. The Morgan fingerprint density at radius 1 is 1.41 bits per heavy atom. The van der Waals surface area contributed by atoms with Crippen LogP contribution in [0.3, 0.4) is 0 Å². The smallest absolute Gasteiger partial charge is 0.123 e. The summed E-state index contributed by atoms with van der Waals surface area (Å²) in [6.45, 7) is 6.14. The maximum atomic E-state index is 5.89. The normalized spacial score (nSPS) is 18.9. The highest BCUT2D eigenvalue weighted by Crippen LogP contribution is 2.27. The molecule has 1 N–H and O–H groups in total. The average Bonchev–Trinajstić information content (AvgIpc) is 2.71. The van der Waals surface area contributed by atoms with Crippen molar-refractivity contribution in [3.8, 4) is 5.75 Å². The quantitative estimate of drug-likeness (QED) is 0.815. The van der Waals surface area contributed by atoms with E-state index >= 15 is 0 Å². The van der Waals surface area contributed by atoms with Gasteiger partial charge in [-0.25, -0.2) is 0 Å². The van der Waals surface area contributed by atoms with Gasteiger partial charge in [0.25, 0.3) is 0 Å². The van der Waals surface area contributed by atoms with Crippen LogP contribution in [-0.4, -0.2) is 25.1 Å². The SMILES string of the molecule is CC(C)(CCl)CNCC1Cc2ccccc2O1. The topological polar surface area (TPSA) is 21.3 Å². The van der Waals surface area contributed by atoms with Crippen molar-refractivity contribution in [1.29, 1.82) is 0 Å². The van der Waals surface area contributed by atoms with Crippen molar-refractivity contribution in [2.24, 2.45) is 5.41 Å². The molecule has 2 nitrogen and oxygen atoms in total. The standard InChI is InChI=1S/C14H20ClNO/c1-14(2,9-15)10-16-8-12-7-11-5-3-4-6-13(11)17-12/h3-6,12,16H,7-10H2,1-2H3. The van der Waals surface area contributed by atoms with Gasteiger partial charge in [-0.15, -0.1) is 11.6 Å². The fourth-order valence-electron chi connectivity index (χ4n) is 1.99. The van der Waals surface area contributed by atoms with E-state index in [2.05, 4.69) is 31.3 Å². The van der Waals surface area contributed by atoms with Gasteiger partial charge >= 0.3 is 0 Å². The number of halogens is 1. The number of benzene rings is 1. The molecular weight excluding hydrogens is 234 g/mol. The Balaban J connectivity index is 1.77. The van der Waals surface area contributed by atoms with Gasteiger partial charge < -0.3 is 10.1 Å². The van der Waals surface area contributed by atoms with E-state index in [0.717, 1.165) is 25.3 Å². The van der Waals surface area contributed by atoms with Crippen molar-refractivity contribution < 1.29 is 4.74 Å². The molecule has 0 saturated carbocycles. The van der Waals surface area contributed by atoms with Crippen molar-refractivity contribution in [3.05, 3.63) is 29.8 Å². The molecule has 0 spiro atoms. The van der Waals surface area contributed by atoms with Gasteiger partial charge in [-0.3, -0.25) is 0 Å². The first-order valence-electron chi connectivity index (χ1n) is 6.12. The maximum Gasteiger partial charge on any atom is 0.123 e. The summed E-state index contributed by atoms with van der Waals surface area (Å²) in [5.74, 6) is 1.71. The van der Waals surface area contributed by atoms with E-state index in [1.54, 1.807) is 0 Å². The summed E-state index contributed by atoms with van der Waals surface area (Å²) in [4.78, 5) is 0. The number of alkyl halides is 1. The van der Waals surface area contributed by atoms with Crippen LogP contribution in [0.5, 0.6) is 5.75 Å². The second kappa shape index (κ2) is 5.28. The summed E-state index contributed by atoms with van der Waals surface area (Å²) < 4.78 is 5.86. The summed E-state index contributed by atoms with van der Waals surface area (Å²) >= 11 is 5.89. The number of fused-ring (bicyclic) bond motifs is 1. The minimum Gasteiger partial charge on any atom is -0.488 e. The van der Waals surface area contributed by atoms with E-state index in [0.29, 0.717) is 5.88 Å². The second-order valence-electron chi connectivity index (χ2n) is 5.48. The summed E-state index contributed by atoms with van der Waals surface area (Å²) in [5, 5.41) is 3.44. The highest BCUT2D eigenvalue weighted by Gasteiger charge is 2.23. The van der Waals surface area contributed by atoms with Gasteiger partial charge in [-0.1, -0.05) is 32.0 Å². The summed E-state index contributed by atoms with van der Waals surface area (Å²) in [6, 6.07) is 8.26. The molecule has 1 aromatic carbocycles. The molecule has 0 bridgehead atoms. The lowest BCUT2D eigenvalue weighted by atomic mass is 9.96. The number of para-hydroxylation sites is 1. The lowest BCUT2D eigenvalue weighted by molar-refractivity contribution is 0.220. The van der Waals surface area contributed by atoms with Gasteiger partial charge in [-0.05, 0) is 17.0 Å². The van der Waals surface area contributed by atoms with Gasteiger partial charge in [0.1, 0.15) is 11.9 Å². The molecule has 1 aliphatic heterocycles. The third-order valence-electron chi connectivity index (χ3n) is 3.05. The van der Waals surface area contributed by atoms with Crippen LogP contribution < -0.4 is 10.1 Å². The predicted molar refractivity (Wildman–Crippen MR) is 71.9 cm³/mol. The first kappa shape index (κ1) is 12.7. The predicted octanol–water partition coefficient (Wildman–Crippen LogP) is 2.84. The van der Waals surface area contributed by atoms with Crippen LogP contribution in [0.15, 0.2) is 24.3 Å². The van der Waals surface area contributed by atoms with Crippen LogP contribution in [0.25, 0.3) is 0 Å². The fraction of sp³-hybridized carbons (Fsp3) is 0.571. The summed E-state index contributed by atoms with van der Waals surface area (Å²) in [5.41, 5.74) is 1.46. The molecular formula is C14H20ClNO. The third-order valence-corrected chi connectivity index (χ3v) is 3.77. The number of rotatable bonds is 5. The molecule has 17 heavy (non-hydrogen) atoms. The summed E-state index contributed by atoms with van der Waals surface area (Å²) in [6.07, 6.45) is 1.27. The number of ether oxygens (including phenoxy) is 1. The zero-order chi connectivity index (χ0) is 12.3. The van der Waals surface area contributed by atoms with Crippen LogP contribution >= 0.6 is 11.6 Å². The first-order valence-corrected chi connectivity index (χ1v) is 6.65. The van der Waals surface area contributed by atoms with E-state index in [4.69, 9.17) is 16.3 Å². The van der Waals surface area contributed by atoms with Crippen LogP contribution in [0.4, 0.5) is 0 Å². The minimum absolute atomic E-state index is 0.146. The molecule has 2 rings (SSSR count). The van der Waals surface area contributed by atoms with Crippen molar-refractivity contribution in [2.45, 2.75) is 26.4 Å². The van der Waals surface area contributed by atoms with E-state index in [-0.39, 0.29) is 11.5 Å². The molecule has 0 saturated heterocycles. The molecule has 0 fully saturated rings. The Hall–Kier alpha value is -0.730.